The van der Waals surface area contributed by atoms with Crippen LogP contribution in [-0.4, -0.2) is 37.0 Å². The third kappa shape index (κ3) is 3.99. The lowest BCUT2D eigenvalue weighted by molar-refractivity contribution is -0.130. The molecular weight excluding hydrogens is 152 g/mol. The molecule has 1 N–H and O–H groups in total. The van der Waals surface area contributed by atoms with Crippen molar-refractivity contribution in [1.82, 2.24) is 10.2 Å². The summed E-state index contributed by atoms with van der Waals surface area (Å²) in [5.74, 6) is 2.48. The number of likely N-dealkylation sites (N-methyl/N-ethyl adjacent to an activating group) is 1. The van der Waals surface area contributed by atoms with Crippen molar-refractivity contribution in [2.75, 3.05) is 20.1 Å². The fourth-order valence-corrected chi connectivity index (χ4v) is 0.654. The average molecular weight is 168 g/mol. The maximum Gasteiger partial charge on any atom is 0.236 e. The Hall–Kier alpha value is -1.01. The van der Waals surface area contributed by atoms with Crippen molar-refractivity contribution in [2.24, 2.45) is 0 Å². The fraction of sp³-hybridized carbons (Fsp3) is 0.667. The van der Waals surface area contributed by atoms with Gasteiger partial charge in [0, 0.05) is 13.1 Å². The number of nitrogens with zero attached hydrogens (tertiary/aromatic N) is 1. The molecule has 0 aliphatic rings. The summed E-state index contributed by atoms with van der Waals surface area (Å²) < 4.78 is 0. The Morgan fingerprint density at radius 3 is 2.67 bits per heavy atom. The molecule has 0 saturated heterocycles. The molecule has 0 fully saturated rings. The minimum Gasteiger partial charge on any atom is -0.342 e. The van der Waals surface area contributed by atoms with Gasteiger partial charge in [0.2, 0.25) is 5.91 Å². The zero-order chi connectivity index (χ0) is 9.56. The van der Waals surface area contributed by atoms with Crippen molar-refractivity contribution in [3.05, 3.63) is 0 Å². The Morgan fingerprint density at radius 1 is 1.67 bits per heavy atom. The van der Waals surface area contributed by atoms with Gasteiger partial charge in [-0.15, -0.1) is 6.42 Å². The van der Waals surface area contributed by atoms with Crippen LogP contribution in [0, 0.1) is 12.3 Å². The molecule has 68 valence electrons. The standard InChI is InChI=1S/C9H16N2O/c1-5-6-10-7-9(12)11(4)8(2)3/h1,8,10H,6-7H2,2-4H3. The predicted molar refractivity (Wildman–Crippen MR) is 49.6 cm³/mol. The smallest absolute Gasteiger partial charge is 0.236 e. The van der Waals surface area contributed by atoms with Crippen molar-refractivity contribution in [1.29, 1.82) is 0 Å². The Morgan fingerprint density at radius 2 is 2.25 bits per heavy atom. The highest BCUT2D eigenvalue weighted by atomic mass is 16.2. The summed E-state index contributed by atoms with van der Waals surface area (Å²) in [6, 6.07) is 0.241. The molecule has 0 heterocycles. The SMILES string of the molecule is C#CCNCC(=O)N(C)C(C)C. The number of terminal acetylenes is 1. The van der Waals surface area contributed by atoms with Crippen LogP contribution in [0.5, 0.6) is 0 Å². The van der Waals surface area contributed by atoms with Gasteiger partial charge < -0.3 is 4.90 Å². The highest BCUT2D eigenvalue weighted by Gasteiger charge is 2.09. The molecule has 0 spiro atoms. The summed E-state index contributed by atoms with van der Waals surface area (Å²) in [6.45, 7) is 4.70. The van der Waals surface area contributed by atoms with Gasteiger partial charge in [-0.05, 0) is 13.8 Å². The number of nitrogens with one attached hydrogen (secondary N) is 1. The maximum absolute atomic E-state index is 11.3. The summed E-state index contributed by atoms with van der Waals surface area (Å²) >= 11 is 0. The number of rotatable bonds is 4. The van der Waals surface area contributed by atoms with Crippen LogP contribution in [0.1, 0.15) is 13.8 Å². The van der Waals surface area contributed by atoms with Gasteiger partial charge in [-0.25, -0.2) is 0 Å². The molecule has 0 rings (SSSR count). The van der Waals surface area contributed by atoms with Crippen molar-refractivity contribution in [2.45, 2.75) is 19.9 Å². The largest absolute Gasteiger partial charge is 0.342 e. The molecular formula is C9H16N2O. The minimum absolute atomic E-state index is 0.0697. The third-order valence-electron chi connectivity index (χ3n) is 1.67. The summed E-state index contributed by atoms with van der Waals surface area (Å²) in [7, 11) is 1.78. The van der Waals surface area contributed by atoms with Crippen LogP contribution in [0.4, 0.5) is 0 Å². The molecule has 1 amide bonds. The summed E-state index contributed by atoms with van der Waals surface area (Å²) in [4.78, 5) is 12.9. The number of carbonyl (C=O) groups excluding carboxylic acids is 1. The fourth-order valence-electron chi connectivity index (χ4n) is 0.654. The number of hydrogen-bond donors (Lipinski definition) is 1. The Labute approximate surface area is 74.1 Å². The highest BCUT2D eigenvalue weighted by molar-refractivity contribution is 5.78. The average Bonchev–Trinajstić information content (AvgIpc) is 2.03. The lowest BCUT2D eigenvalue weighted by Gasteiger charge is -2.21. The number of carbonyl (C=O) groups is 1. The molecule has 0 bridgehead atoms. The zero-order valence-corrected chi connectivity index (χ0v) is 7.92. The molecule has 3 nitrogen and oxygen atoms in total. The third-order valence-corrected chi connectivity index (χ3v) is 1.67. The van der Waals surface area contributed by atoms with E-state index >= 15 is 0 Å². The summed E-state index contributed by atoms with van der Waals surface area (Å²) in [6.07, 6.45) is 5.01. The van der Waals surface area contributed by atoms with E-state index < -0.39 is 0 Å². The summed E-state index contributed by atoms with van der Waals surface area (Å²) in [5, 5.41) is 2.84. The topological polar surface area (TPSA) is 32.3 Å². The van der Waals surface area contributed by atoms with Crippen LogP contribution in [0.3, 0.4) is 0 Å². The Bertz CT molecular complexity index is 181. The van der Waals surface area contributed by atoms with E-state index in [1.165, 1.54) is 0 Å². The predicted octanol–water partition coefficient (Wildman–Crippen LogP) is 0.0760. The van der Waals surface area contributed by atoms with E-state index in [0.717, 1.165) is 0 Å². The van der Waals surface area contributed by atoms with Gasteiger partial charge in [0.1, 0.15) is 0 Å². The molecule has 0 aliphatic heterocycles. The van der Waals surface area contributed by atoms with E-state index in [4.69, 9.17) is 6.42 Å². The molecule has 0 saturated carbocycles. The first-order chi connectivity index (χ1) is 5.59. The van der Waals surface area contributed by atoms with Crippen LogP contribution in [0.2, 0.25) is 0 Å². The molecule has 0 aromatic rings. The van der Waals surface area contributed by atoms with E-state index in [-0.39, 0.29) is 11.9 Å². The number of amides is 1. The first kappa shape index (κ1) is 11.0. The second kappa shape index (κ2) is 5.62. The molecule has 12 heavy (non-hydrogen) atoms. The van der Waals surface area contributed by atoms with E-state index in [2.05, 4.69) is 11.2 Å². The molecule has 0 unspecified atom stereocenters. The van der Waals surface area contributed by atoms with Gasteiger partial charge in [-0.1, -0.05) is 5.92 Å². The van der Waals surface area contributed by atoms with Gasteiger partial charge >= 0.3 is 0 Å². The van der Waals surface area contributed by atoms with Gasteiger partial charge in [0.05, 0.1) is 13.1 Å². The monoisotopic (exact) mass is 168 g/mol. The number of hydrogen-bond acceptors (Lipinski definition) is 2. The molecule has 0 atom stereocenters. The first-order valence-electron chi connectivity index (χ1n) is 3.99. The molecule has 0 aliphatic carbocycles. The van der Waals surface area contributed by atoms with E-state index in [1.54, 1.807) is 11.9 Å². The second-order valence-corrected chi connectivity index (χ2v) is 2.91. The zero-order valence-electron chi connectivity index (χ0n) is 7.92. The summed E-state index contributed by atoms with van der Waals surface area (Å²) in [5.41, 5.74) is 0. The Kier molecular flexibility index (Phi) is 5.14. The van der Waals surface area contributed by atoms with Crippen molar-refractivity contribution >= 4 is 5.91 Å². The van der Waals surface area contributed by atoms with Gasteiger partial charge in [-0.3, -0.25) is 10.1 Å². The van der Waals surface area contributed by atoms with E-state index in [9.17, 15) is 4.79 Å². The Balaban J connectivity index is 3.66. The van der Waals surface area contributed by atoms with Crippen molar-refractivity contribution < 1.29 is 4.79 Å². The van der Waals surface area contributed by atoms with Gasteiger partial charge in [-0.2, -0.15) is 0 Å². The van der Waals surface area contributed by atoms with Crippen LogP contribution in [-0.2, 0) is 4.79 Å². The highest BCUT2D eigenvalue weighted by Crippen LogP contribution is 1.92. The van der Waals surface area contributed by atoms with E-state index in [1.807, 2.05) is 13.8 Å². The van der Waals surface area contributed by atoms with Crippen LogP contribution in [0.15, 0.2) is 0 Å². The van der Waals surface area contributed by atoms with Gasteiger partial charge in [0.25, 0.3) is 0 Å². The normalized spacial score (nSPS) is 9.58. The van der Waals surface area contributed by atoms with Gasteiger partial charge in [0.15, 0.2) is 0 Å². The molecule has 0 aromatic carbocycles. The first-order valence-corrected chi connectivity index (χ1v) is 3.99. The van der Waals surface area contributed by atoms with E-state index in [0.29, 0.717) is 13.1 Å². The van der Waals surface area contributed by atoms with Crippen LogP contribution < -0.4 is 5.32 Å². The molecule has 3 heteroatoms. The lowest BCUT2D eigenvalue weighted by atomic mass is 10.3. The minimum atomic E-state index is 0.0697. The van der Waals surface area contributed by atoms with Crippen molar-refractivity contribution in [3.63, 3.8) is 0 Å². The van der Waals surface area contributed by atoms with Crippen LogP contribution in [0.25, 0.3) is 0 Å². The van der Waals surface area contributed by atoms with Crippen LogP contribution >= 0.6 is 0 Å². The quantitative estimate of drug-likeness (QED) is 0.476. The lowest BCUT2D eigenvalue weighted by Crippen LogP contribution is -2.39. The molecule has 0 radical (unpaired) electrons. The van der Waals surface area contributed by atoms with Crippen molar-refractivity contribution in [3.8, 4) is 12.3 Å². The maximum atomic E-state index is 11.3. The molecule has 0 aromatic heterocycles. The second-order valence-electron chi connectivity index (χ2n) is 2.91.